The number of β-amino-alcohol motifs (C(OH)–C–C–N with tert-alkyl or cyclic N) is 1. The fraction of sp³-hybridized carbons (Fsp3) is 0.549. The van der Waals surface area contributed by atoms with Gasteiger partial charge in [-0.2, -0.15) is 4.98 Å². The van der Waals surface area contributed by atoms with Crippen molar-refractivity contribution < 1.29 is 38.1 Å². The summed E-state index contributed by atoms with van der Waals surface area (Å²) in [6, 6.07) is 9.18. The van der Waals surface area contributed by atoms with Gasteiger partial charge in [-0.15, -0.1) is 11.3 Å². The van der Waals surface area contributed by atoms with E-state index < -0.39 is 47.0 Å². The highest BCUT2D eigenvalue weighted by Gasteiger charge is 2.53. The highest BCUT2D eigenvalue weighted by Crippen LogP contribution is 2.41. The summed E-state index contributed by atoms with van der Waals surface area (Å²) in [5.41, 5.74) is 2.87. The number of carbonyl (C=O) groups excluding carboxylic acids is 4. The number of amides is 4. The van der Waals surface area contributed by atoms with Crippen LogP contribution in [0.25, 0.3) is 10.4 Å². The van der Waals surface area contributed by atoms with Crippen molar-refractivity contribution in [1.29, 1.82) is 0 Å². The number of aromatic nitrogens is 3. The number of nitrogens with zero attached hydrogens (tertiary/aromatic N) is 6. The summed E-state index contributed by atoms with van der Waals surface area (Å²) in [6.45, 7) is 11.7. The molecule has 2 saturated heterocycles. The number of carbonyl (C=O) groups is 4. The summed E-state index contributed by atoms with van der Waals surface area (Å²) in [7, 11) is 3.28. The van der Waals surface area contributed by atoms with Gasteiger partial charge in [0.25, 0.3) is 11.8 Å². The van der Waals surface area contributed by atoms with E-state index in [1.165, 1.54) is 11.1 Å². The molecule has 5 N–H and O–H groups in total. The highest BCUT2D eigenvalue weighted by molar-refractivity contribution is 7.13. The SMILES string of the molecule is CNc1nc(Nc2ccc(C(=O)N3CCN(CC4CCC(COc5cc(-c6scnc6C)ccc5CNC(=O)[C@@H]5C[C@@H](O)CN5C(=O)C(NC(=O)C5(F)CC5)C(C)(C)C)CC4)CC3)cc2OC)ncc1Cl. The largest absolute Gasteiger partial charge is 0.495 e. The van der Waals surface area contributed by atoms with Gasteiger partial charge in [-0.05, 0) is 92.5 Å². The minimum absolute atomic E-state index is 0.0349. The maximum absolute atomic E-state index is 14.7. The molecule has 71 heavy (non-hydrogen) atoms. The molecule has 4 fully saturated rings. The Balaban J connectivity index is 0.828. The van der Waals surface area contributed by atoms with Gasteiger partial charge in [0.05, 0.1) is 47.8 Å². The number of anilines is 3. The Hall–Kier alpha value is -5.63. The molecule has 20 heteroatoms. The van der Waals surface area contributed by atoms with Crippen molar-refractivity contribution in [1.82, 2.24) is 40.3 Å². The summed E-state index contributed by atoms with van der Waals surface area (Å²) in [5.74, 6) is 1.04. The lowest BCUT2D eigenvalue weighted by atomic mass is 9.82. The molecule has 3 atom stereocenters. The van der Waals surface area contributed by atoms with Crippen LogP contribution in [0.15, 0.2) is 48.1 Å². The second kappa shape index (κ2) is 22.0. The fourth-order valence-corrected chi connectivity index (χ4v) is 10.7. The molecule has 4 amide bonds. The third-order valence-electron chi connectivity index (χ3n) is 14.2. The second-order valence-electron chi connectivity index (χ2n) is 20.4. The van der Waals surface area contributed by atoms with Gasteiger partial charge in [0.2, 0.25) is 17.8 Å². The summed E-state index contributed by atoms with van der Waals surface area (Å²) in [4.78, 5) is 74.1. The van der Waals surface area contributed by atoms with Crippen molar-refractivity contribution in [2.24, 2.45) is 17.3 Å². The number of hydrogen-bond donors (Lipinski definition) is 5. The summed E-state index contributed by atoms with van der Waals surface area (Å²) < 4.78 is 27.0. The van der Waals surface area contributed by atoms with Crippen molar-refractivity contribution in [2.45, 2.75) is 103 Å². The lowest BCUT2D eigenvalue weighted by molar-refractivity contribution is -0.145. The first kappa shape index (κ1) is 51.7. The number of nitrogens with one attached hydrogen (secondary N) is 4. The Morgan fingerprint density at radius 1 is 1.00 bits per heavy atom. The van der Waals surface area contributed by atoms with Crippen molar-refractivity contribution in [3.63, 3.8) is 0 Å². The lowest BCUT2D eigenvalue weighted by Gasteiger charge is -2.38. The molecule has 4 aromatic rings. The molecule has 17 nitrogen and oxygen atoms in total. The zero-order valence-electron chi connectivity index (χ0n) is 41.4. The van der Waals surface area contributed by atoms with Crippen LogP contribution < -0.4 is 30.7 Å². The number of aliphatic hydroxyl groups excluding tert-OH is 1. The van der Waals surface area contributed by atoms with Crippen LogP contribution >= 0.6 is 22.9 Å². The van der Waals surface area contributed by atoms with E-state index in [2.05, 4.69) is 41.1 Å². The van der Waals surface area contributed by atoms with Crippen LogP contribution in [-0.4, -0.2) is 142 Å². The van der Waals surface area contributed by atoms with Crippen LogP contribution in [0.5, 0.6) is 11.5 Å². The first-order valence-corrected chi connectivity index (χ1v) is 25.8. The molecule has 8 rings (SSSR count). The standard InChI is InChI=1S/C51H66ClFN10O7S/c1-30-42(71-29-57-30)33-11-12-35(24-55-45(65)39-23-36(64)27-63(39)47(67)43(50(2,3)4)59-48(68)51(53)15-16-51)40(21-33)70-28-32-9-7-31(8-10-32)26-61-17-19-62(20-18-61)46(66)34-13-14-38(41(22-34)69-6)58-49-56-25-37(52)44(54-5)60-49/h11-14,21-22,25,29,31-32,36,39,43,64H,7-10,15-20,23-24,26-28H2,1-6H3,(H,55,65)(H,59,68)(H2,54,56,58,60)/t31?,32?,36-,39+,43?/m1/s1. The number of benzene rings is 2. The van der Waals surface area contributed by atoms with Gasteiger partial charge in [-0.25, -0.2) is 14.4 Å². The van der Waals surface area contributed by atoms with Crippen molar-refractivity contribution in [3.8, 4) is 21.9 Å². The second-order valence-corrected chi connectivity index (χ2v) is 21.7. The zero-order valence-corrected chi connectivity index (χ0v) is 42.9. The van der Waals surface area contributed by atoms with Gasteiger partial charge in [0.15, 0.2) is 5.67 Å². The molecular weight excluding hydrogens is 951 g/mol. The number of ether oxygens (including phenoxy) is 2. The summed E-state index contributed by atoms with van der Waals surface area (Å²) in [5, 5.41) is 22.8. The molecule has 382 valence electrons. The van der Waals surface area contributed by atoms with Gasteiger partial charge < -0.3 is 45.6 Å². The quantitative estimate of drug-likeness (QED) is 0.0757. The van der Waals surface area contributed by atoms with Crippen LogP contribution in [0.3, 0.4) is 0 Å². The first-order valence-electron chi connectivity index (χ1n) is 24.5. The molecule has 4 heterocycles. The monoisotopic (exact) mass is 1020 g/mol. The van der Waals surface area contributed by atoms with Gasteiger partial charge in [-0.3, -0.25) is 24.1 Å². The molecule has 0 radical (unpaired) electrons. The lowest BCUT2D eigenvalue weighted by Crippen LogP contribution is -2.59. The number of methoxy groups -OCH3 is 1. The number of piperazine rings is 1. The first-order chi connectivity index (χ1) is 33.9. The molecule has 2 aromatic heterocycles. The maximum Gasteiger partial charge on any atom is 0.258 e. The van der Waals surface area contributed by atoms with Gasteiger partial charge in [0.1, 0.15) is 34.4 Å². The molecule has 0 bridgehead atoms. The molecule has 2 aromatic carbocycles. The predicted molar refractivity (Wildman–Crippen MR) is 271 cm³/mol. The van der Waals surface area contributed by atoms with E-state index in [0.29, 0.717) is 71.1 Å². The van der Waals surface area contributed by atoms with Crippen LogP contribution in [0.1, 0.15) is 87.3 Å². The van der Waals surface area contributed by atoms with E-state index in [9.17, 15) is 28.7 Å². The topological polar surface area (TPSA) is 203 Å². The fourth-order valence-electron chi connectivity index (χ4n) is 9.69. The van der Waals surface area contributed by atoms with Gasteiger partial charge in [0, 0.05) is 70.4 Å². The van der Waals surface area contributed by atoms with E-state index in [1.54, 1.807) is 64.5 Å². The minimum Gasteiger partial charge on any atom is -0.495 e. The zero-order chi connectivity index (χ0) is 50.6. The average molecular weight is 1020 g/mol. The van der Waals surface area contributed by atoms with Gasteiger partial charge in [-0.1, -0.05) is 44.5 Å². The smallest absolute Gasteiger partial charge is 0.258 e. The Morgan fingerprint density at radius 3 is 2.39 bits per heavy atom. The number of aliphatic hydroxyl groups is 1. The number of rotatable bonds is 17. The average Bonchev–Trinajstić information content (AvgIpc) is 3.77. The highest BCUT2D eigenvalue weighted by atomic mass is 35.5. The molecular formula is C51H66ClFN10O7S. The Morgan fingerprint density at radius 2 is 1.73 bits per heavy atom. The van der Waals surface area contributed by atoms with E-state index in [1.807, 2.05) is 35.5 Å². The molecule has 2 aliphatic carbocycles. The number of likely N-dealkylation sites (tertiary alicyclic amines) is 1. The Kier molecular flexibility index (Phi) is 16.0. The van der Waals surface area contributed by atoms with Crippen LogP contribution in [0.2, 0.25) is 5.02 Å². The maximum atomic E-state index is 14.7. The van der Waals surface area contributed by atoms with E-state index in [4.69, 9.17) is 21.1 Å². The van der Waals surface area contributed by atoms with Crippen molar-refractivity contribution >= 4 is 64.0 Å². The molecule has 2 saturated carbocycles. The summed E-state index contributed by atoms with van der Waals surface area (Å²) >= 11 is 7.69. The Labute approximate surface area is 423 Å². The third kappa shape index (κ3) is 12.4. The minimum atomic E-state index is -1.97. The normalized spacial score (nSPS) is 21.5. The molecule has 1 unspecified atom stereocenters. The van der Waals surface area contributed by atoms with E-state index >= 15 is 0 Å². The van der Waals surface area contributed by atoms with Crippen LogP contribution in [0.4, 0.5) is 21.8 Å². The number of alkyl halides is 1. The van der Waals surface area contributed by atoms with Crippen LogP contribution in [-0.2, 0) is 20.9 Å². The van der Waals surface area contributed by atoms with E-state index in [0.717, 1.165) is 67.0 Å². The molecule has 0 spiro atoms. The number of halogens is 2. The number of thiazole rings is 1. The van der Waals surface area contributed by atoms with Crippen molar-refractivity contribution in [2.75, 3.05) is 70.7 Å². The van der Waals surface area contributed by atoms with E-state index in [-0.39, 0.29) is 38.3 Å². The van der Waals surface area contributed by atoms with Crippen LogP contribution in [0, 0.1) is 24.2 Å². The molecule has 4 aliphatic rings. The van der Waals surface area contributed by atoms with Gasteiger partial charge >= 0.3 is 0 Å². The molecule has 2 aliphatic heterocycles. The number of hydrogen-bond acceptors (Lipinski definition) is 14. The van der Waals surface area contributed by atoms with Crippen molar-refractivity contribution in [3.05, 3.63) is 69.9 Å². The predicted octanol–water partition coefficient (Wildman–Crippen LogP) is 6.61. The number of aryl methyl sites for hydroxylation is 1. The third-order valence-corrected chi connectivity index (χ3v) is 15.4. The Bertz CT molecular complexity index is 2580. The summed E-state index contributed by atoms with van der Waals surface area (Å²) in [6.07, 6.45) is 5.01.